The zero-order valence-corrected chi connectivity index (χ0v) is 15.4. The van der Waals surface area contributed by atoms with E-state index in [2.05, 4.69) is 22.6 Å². The Morgan fingerprint density at radius 3 is 2.78 bits per heavy atom. The Kier molecular flexibility index (Phi) is 4.42. The van der Waals surface area contributed by atoms with Crippen LogP contribution >= 0.6 is 11.6 Å². The molecular weight excluding hydrogens is 358 g/mol. The van der Waals surface area contributed by atoms with Gasteiger partial charge in [0.05, 0.1) is 17.6 Å². The normalized spacial score (nSPS) is 11.1. The Bertz CT molecular complexity index is 1180. The molecule has 2 aromatic carbocycles. The minimum atomic E-state index is -0.386. The summed E-state index contributed by atoms with van der Waals surface area (Å²) < 4.78 is 0. The summed E-state index contributed by atoms with van der Waals surface area (Å²) in [6.45, 7) is 3.73. The van der Waals surface area contributed by atoms with Crippen molar-refractivity contribution in [2.45, 2.75) is 12.8 Å². The van der Waals surface area contributed by atoms with Crippen LogP contribution in [0.4, 0.5) is 0 Å². The second-order valence-corrected chi connectivity index (χ2v) is 6.94. The van der Waals surface area contributed by atoms with Crippen LogP contribution < -0.4 is 5.73 Å². The number of H-pyrrole nitrogens is 1. The van der Waals surface area contributed by atoms with Gasteiger partial charge in [-0.2, -0.15) is 0 Å². The number of hydrogen-bond donors (Lipinski definition) is 2. The number of nitrogens with one attached hydrogen (secondary N) is 1. The lowest BCUT2D eigenvalue weighted by Gasteiger charge is -2.11. The number of fused-ring (bicyclic) bond motifs is 3. The standard InChI is InChI=1S/C22H18ClN3O/c1-2-15-8-7-13(12-25-15)9-17-18(23)10-14(11-20(24)27)22-21(17)16-5-3-4-6-19(16)26-22/h2-8,10,12,26H,1,9,11H2,(H2,24,27). The van der Waals surface area contributed by atoms with Crippen LogP contribution in [-0.2, 0) is 17.6 Å². The Labute approximate surface area is 161 Å². The van der Waals surface area contributed by atoms with Gasteiger partial charge < -0.3 is 10.7 Å². The van der Waals surface area contributed by atoms with Crippen molar-refractivity contribution in [1.29, 1.82) is 0 Å². The number of primary amides is 1. The number of benzene rings is 2. The predicted octanol–water partition coefficient (Wildman–Crippen LogP) is 4.63. The Morgan fingerprint density at radius 2 is 2.07 bits per heavy atom. The number of pyridine rings is 1. The molecule has 3 N–H and O–H groups in total. The lowest BCUT2D eigenvalue weighted by atomic mass is 9.96. The number of carbonyl (C=O) groups is 1. The molecule has 0 saturated carbocycles. The first-order valence-corrected chi connectivity index (χ1v) is 9.01. The fourth-order valence-corrected chi connectivity index (χ4v) is 3.79. The van der Waals surface area contributed by atoms with Gasteiger partial charge >= 0.3 is 0 Å². The van der Waals surface area contributed by atoms with Gasteiger partial charge in [0.25, 0.3) is 0 Å². The van der Waals surface area contributed by atoms with Crippen LogP contribution in [0.1, 0.15) is 22.4 Å². The number of halogens is 1. The summed E-state index contributed by atoms with van der Waals surface area (Å²) >= 11 is 6.65. The van der Waals surface area contributed by atoms with Crippen molar-refractivity contribution in [3.05, 3.63) is 82.6 Å². The zero-order valence-electron chi connectivity index (χ0n) is 14.6. The number of para-hydroxylation sites is 1. The van der Waals surface area contributed by atoms with Crippen molar-refractivity contribution < 1.29 is 4.79 Å². The van der Waals surface area contributed by atoms with Crippen LogP contribution in [0.15, 0.2) is 55.2 Å². The topological polar surface area (TPSA) is 71.8 Å². The van der Waals surface area contributed by atoms with Crippen LogP contribution in [0.3, 0.4) is 0 Å². The number of nitrogens with two attached hydrogens (primary N) is 1. The molecule has 0 aliphatic rings. The van der Waals surface area contributed by atoms with Crippen molar-refractivity contribution in [3.63, 3.8) is 0 Å². The van der Waals surface area contributed by atoms with Crippen molar-refractivity contribution in [2.24, 2.45) is 5.73 Å². The molecule has 1 amide bonds. The van der Waals surface area contributed by atoms with E-state index in [9.17, 15) is 4.79 Å². The van der Waals surface area contributed by atoms with Gasteiger partial charge in [-0.3, -0.25) is 9.78 Å². The number of aromatic nitrogens is 2. The maximum absolute atomic E-state index is 11.5. The molecule has 0 fully saturated rings. The van der Waals surface area contributed by atoms with Gasteiger partial charge in [0, 0.05) is 33.9 Å². The number of hydrogen-bond acceptors (Lipinski definition) is 2. The van der Waals surface area contributed by atoms with Crippen molar-refractivity contribution in [2.75, 3.05) is 0 Å². The largest absolute Gasteiger partial charge is 0.369 e. The molecule has 0 saturated heterocycles. The molecule has 0 atom stereocenters. The maximum atomic E-state index is 11.5. The molecule has 5 heteroatoms. The highest BCUT2D eigenvalue weighted by Gasteiger charge is 2.17. The van der Waals surface area contributed by atoms with E-state index in [1.807, 2.05) is 42.6 Å². The number of nitrogens with zero attached hydrogens (tertiary/aromatic N) is 1. The maximum Gasteiger partial charge on any atom is 0.221 e. The minimum Gasteiger partial charge on any atom is -0.369 e. The minimum absolute atomic E-state index is 0.138. The second-order valence-electron chi connectivity index (χ2n) is 6.53. The number of carbonyl (C=O) groups excluding carboxylic acids is 1. The third-order valence-corrected chi connectivity index (χ3v) is 5.06. The lowest BCUT2D eigenvalue weighted by molar-refractivity contribution is -0.117. The van der Waals surface area contributed by atoms with E-state index in [1.54, 1.807) is 6.08 Å². The average Bonchev–Trinajstić information content (AvgIpc) is 3.05. The van der Waals surface area contributed by atoms with E-state index in [4.69, 9.17) is 17.3 Å². The summed E-state index contributed by atoms with van der Waals surface area (Å²) in [7, 11) is 0. The second kappa shape index (κ2) is 6.89. The molecule has 4 rings (SSSR count). The lowest BCUT2D eigenvalue weighted by Crippen LogP contribution is -2.14. The van der Waals surface area contributed by atoms with E-state index in [0.29, 0.717) is 11.4 Å². The SMILES string of the molecule is C=Cc1ccc(Cc2c(Cl)cc(CC(N)=O)c3[nH]c4ccccc4c23)cn1. The molecule has 0 bridgehead atoms. The molecular formula is C22H18ClN3O. The van der Waals surface area contributed by atoms with Crippen molar-refractivity contribution in [3.8, 4) is 0 Å². The summed E-state index contributed by atoms with van der Waals surface area (Å²) in [6, 6.07) is 13.8. The molecule has 0 aliphatic heterocycles. The molecule has 0 aliphatic carbocycles. The fraction of sp³-hybridized carbons (Fsp3) is 0.0909. The van der Waals surface area contributed by atoms with Gasteiger partial charge in [-0.1, -0.05) is 42.4 Å². The molecule has 0 unspecified atom stereocenters. The van der Waals surface area contributed by atoms with E-state index in [-0.39, 0.29) is 12.3 Å². The van der Waals surface area contributed by atoms with Crippen LogP contribution in [0.25, 0.3) is 27.9 Å². The fourth-order valence-electron chi connectivity index (χ4n) is 3.49. The summed E-state index contributed by atoms with van der Waals surface area (Å²) in [6.07, 6.45) is 4.33. The Hall–Kier alpha value is -3.11. The number of rotatable bonds is 5. The summed E-state index contributed by atoms with van der Waals surface area (Å²) in [4.78, 5) is 19.3. The zero-order chi connectivity index (χ0) is 19.0. The van der Waals surface area contributed by atoms with Gasteiger partial charge in [-0.25, -0.2) is 0 Å². The van der Waals surface area contributed by atoms with Gasteiger partial charge in [-0.15, -0.1) is 0 Å². The third-order valence-electron chi connectivity index (χ3n) is 4.72. The summed E-state index contributed by atoms with van der Waals surface area (Å²) in [5, 5.41) is 2.73. The summed E-state index contributed by atoms with van der Waals surface area (Å²) in [5.41, 5.74) is 11.0. The van der Waals surface area contributed by atoms with Crippen LogP contribution in [0, 0.1) is 0 Å². The van der Waals surface area contributed by atoms with Crippen molar-refractivity contribution >= 4 is 45.4 Å². The third kappa shape index (κ3) is 3.20. The van der Waals surface area contributed by atoms with Crippen LogP contribution in [0.2, 0.25) is 5.02 Å². The Morgan fingerprint density at radius 1 is 1.26 bits per heavy atom. The van der Waals surface area contributed by atoms with Gasteiger partial charge in [0.15, 0.2) is 0 Å². The molecule has 134 valence electrons. The first kappa shape index (κ1) is 17.3. The Balaban J connectivity index is 1.94. The first-order chi connectivity index (χ1) is 13.1. The average molecular weight is 376 g/mol. The highest BCUT2D eigenvalue weighted by molar-refractivity contribution is 6.33. The molecule has 2 aromatic heterocycles. The van der Waals surface area contributed by atoms with E-state index >= 15 is 0 Å². The highest BCUT2D eigenvalue weighted by Crippen LogP contribution is 2.36. The molecule has 0 spiro atoms. The van der Waals surface area contributed by atoms with Gasteiger partial charge in [0.1, 0.15) is 0 Å². The molecule has 27 heavy (non-hydrogen) atoms. The monoisotopic (exact) mass is 375 g/mol. The van der Waals surface area contributed by atoms with Gasteiger partial charge in [-0.05, 0) is 41.0 Å². The number of amides is 1. The molecule has 0 radical (unpaired) electrons. The van der Waals surface area contributed by atoms with Crippen molar-refractivity contribution in [1.82, 2.24) is 9.97 Å². The van der Waals surface area contributed by atoms with Crippen LogP contribution in [-0.4, -0.2) is 15.9 Å². The smallest absolute Gasteiger partial charge is 0.221 e. The molecule has 2 heterocycles. The van der Waals surface area contributed by atoms with Crippen LogP contribution in [0.5, 0.6) is 0 Å². The van der Waals surface area contributed by atoms with E-state index in [1.165, 1.54) is 0 Å². The van der Waals surface area contributed by atoms with E-state index < -0.39 is 0 Å². The van der Waals surface area contributed by atoms with Gasteiger partial charge in [0.2, 0.25) is 5.91 Å². The van der Waals surface area contributed by atoms with E-state index in [0.717, 1.165) is 44.2 Å². The quantitative estimate of drug-likeness (QED) is 0.533. The highest BCUT2D eigenvalue weighted by atomic mass is 35.5. The number of aromatic amines is 1. The predicted molar refractivity (Wildman–Crippen MR) is 111 cm³/mol. The summed E-state index contributed by atoms with van der Waals surface area (Å²) in [5.74, 6) is -0.386. The molecule has 4 aromatic rings. The molecule has 4 nitrogen and oxygen atoms in total. The first-order valence-electron chi connectivity index (χ1n) is 8.63.